The van der Waals surface area contributed by atoms with E-state index in [0.29, 0.717) is 28.1 Å². The number of benzene rings is 3. The maximum absolute atomic E-state index is 13.3. The summed E-state index contributed by atoms with van der Waals surface area (Å²) < 4.78 is 6.22. The molecule has 1 amide bonds. The fourth-order valence-electron chi connectivity index (χ4n) is 3.16. The number of hydrogen-bond acceptors (Lipinski definition) is 4. The normalized spacial score (nSPS) is 16.2. The van der Waals surface area contributed by atoms with E-state index in [-0.39, 0.29) is 5.91 Å². The third-order valence-electron chi connectivity index (χ3n) is 4.89. The smallest absolute Gasteiger partial charge is 0.266 e. The van der Waals surface area contributed by atoms with Crippen LogP contribution in [0, 0.1) is 0 Å². The molecule has 0 N–H and O–H groups in total. The molecule has 4 rings (SSSR count). The quantitative estimate of drug-likeness (QED) is 0.326. The number of carbonyl (C=O) groups excluding carboxylic acids is 1. The number of rotatable bonds is 6. The van der Waals surface area contributed by atoms with E-state index in [1.54, 1.807) is 12.0 Å². The Kier molecular flexibility index (Phi) is 7.35. The SMILES string of the molecule is COc1ccc(N=C2SC(=Cc3ccc(Br)cc3)C(=O)N2CCc2ccc(Cl)cc2)cc1. The first kappa shape index (κ1) is 22.6. The van der Waals surface area contributed by atoms with Gasteiger partial charge in [-0.2, -0.15) is 0 Å². The molecule has 7 heteroatoms. The molecule has 0 saturated carbocycles. The molecule has 0 aromatic heterocycles. The summed E-state index contributed by atoms with van der Waals surface area (Å²) in [6.07, 6.45) is 2.61. The lowest BCUT2D eigenvalue weighted by atomic mass is 10.1. The molecule has 0 spiro atoms. The van der Waals surface area contributed by atoms with Gasteiger partial charge in [-0.15, -0.1) is 0 Å². The van der Waals surface area contributed by atoms with Gasteiger partial charge in [0.15, 0.2) is 5.17 Å². The lowest BCUT2D eigenvalue weighted by Crippen LogP contribution is -2.31. The van der Waals surface area contributed by atoms with Gasteiger partial charge in [-0.3, -0.25) is 9.69 Å². The lowest BCUT2D eigenvalue weighted by Gasteiger charge is -2.15. The standard InChI is InChI=1S/C25H20BrClN2O2S/c1-31-22-12-10-21(11-13-22)28-25-29(15-14-17-4-8-20(27)9-5-17)24(30)23(32-25)16-18-2-6-19(26)7-3-18/h2-13,16H,14-15H2,1H3. The second kappa shape index (κ2) is 10.4. The Balaban J connectivity index is 1.61. The molecule has 4 nitrogen and oxygen atoms in total. The first-order chi connectivity index (χ1) is 15.5. The zero-order valence-corrected chi connectivity index (χ0v) is 20.5. The highest BCUT2D eigenvalue weighted by molar-refractivity contribution is 9.10. The number of aliphatic imine (C=N–C) groups is 1. The molecule has 0 unspecified atom stereocenters. The van der Waals surface area contributed by atoms with Crippen molar-refractivity contribution >= 4 is 62.1 Å². The minimum atomic E-state index is -0.0425. The molecule has 3 aromatic carbocycles. The molecule has 162 valence electrons. The van der Waals surface area contributed by atoms with Crippen molar-refractivity contribution in [1.82, 2.24) is 4.90 Å². The topological polar surface area (TPSA) is 41.9 Å². The fourth-order valence-corrected chi connectivity index (χ4v) is 4.57. The van der Waals surface area contributed by atoms with Crippen molar-refractivity contribution in [3.8, 4) is 5.75 Å². The minimum Gasteiger partial charge on any atom is -0.497 e. The van der Waals surface area contributed by atoms with Crippen LogP contribution in [0.25, 0.3) is 6.08 Å². The number of halogens is 2. The van der Waals surface area contributed by atoms with Crippen molar-refractivity contribution in [2.75, 3.05) is 13.7 Å². The Morgan fingerprint density at radius 2 is 1.72 bits per heavy atom. The third kappa shape index (κ3) is 5.63. The average molecular weight is 528 g/mol. The Bertz CT molecular complexity index is 1160. The van der Waals surface area contributed by atoms with E-state index in [9.17, 15) is 4.79 Å². The van der Waals surface area contributed by atoms with Gasteiger partial charge in [0.05, 0.1) is 17.7 Å². The van der Waals surface area contributed by atoms with E-state index in [1.165, 1.54) is 11.8 Å². The second-order valence-corrected chi connectivity index (χ2v) is 9.45. The van der Waals surface area contributed by atoms with Gasteiger partial charge in [0.25, 0.3) is 5.91 Å². The van der Waals surface area contributed by atoms with Gasteiger partial charge in [0.2, 0.25) is 0 Å². The van der Waals surface area contributed by atoms with Crippen LogP contribution in [-0.2, 0) is 11.2 Å². The van der Waals surface area contributed by atoms with Gasteiger partial charge in [-0.1, -0.05) is 51.8 Å². The Morgan fingerprint density at radius 1 is 1.03 bits per heavy atom. The van der Waals surface area contributed by atoms with Crippen molar-refractivity contribution in [3.05, 3.63) is 98.3 Å². The summed E-state index contributed by atoms with van der Waals surface area (Å²) >= 11 is 10.8. The molecule has 0 bridgehead atoms. The number of methoxy groups -OCH3 is 1. The first-order valence-electron chi connectivity index (χ1n) is 9.96. The van der Waals surface area contributed by atoms with E-state index in [0.717, 1.165) is 27.0 Å². The van der Waals surface area contributed by atoms with Gasteiger partial charge < -0.3 is 4.74 Å². The lowest BCUT2D eigenvalue weighted by molar-refractivity contribution is -0.122. The number of thioether (sulfide) groups is 1. The van der Waals surface area contributed by atoms with Crippen molar-refractivity contribution in [2.45, 2.75) is 6.42 Å². The fraction of sp³-hybridized carbons (Fsp3) is 0.120. The van der Waals surface area contributed by atoms with Gasteiger partial charge >= 0.3 is 0 Å². The Labute approximate surface area is 205 Å². The van der Waals surface area contributed by atoms with Gasteiger partial charge in [0.1, 0.15) is 5.75 Å². The molecule has 1 fully saturated rings. The predicted molar refractivity (Wildman–Crippen MR) is 137 cm³/mol. The summed E-state index contributed by atoms with van der Waals surface area (Å²) in [7, 11) is 1.63. The van der Waals surface area contributed by atoms with Crippen LogP contribution in [0.15, 0.2) is 87.2 Å². The third-order valence-corrected chi connectivity index (χ3v) is 6.68. The van der Waals surface area contributed by atoms with Crippen LogP contribution in [-0.4, -0.2) is 29.6 Å². The number of ether oxygens (including phenoxy) is 1. The van der Waals surface area contributed by atoms with Crippen molar-refractivity contribution in [3.63, 3.8) is 0 Å². The van der Waals surface area contributed by atoms with Gasteiger partial charge in [0, 0.05) is 16.0 Å². The molecule has 3 aromatic rings. The van der Waals surface area contributed by atoms with Gasteiger partial charge in [-0.05, 0) is 83.9 Å². The number of hydrogen-bond donors (Lipinski definition) is 0. The Morgan fingerprint density at radius 3 is 2.38 bits per heavy atom. The molecule has 0 radical (unpaired) electrons. The second-order valence-electron chi connectivity index (χ2n) is 7.09. The first-order valence-corrected chi connectivity index (χ1v) is 11.9. The summed E-state index contributed by atoms with van der Waals surface area (Å²) in [5.74, 6) is 0.721. The molecular formula is C25H20BrClN2O2S. The van der Waals surface area contributed by atoms with E-state index < -0.39 is 0 Å². The predicted octanol–water partition coefficient (Wildman–Crippen LogP) is 6.96. The summed E-state index contributed by atoms with van der Waals surface area (Å²) in [5.41, 5.74) is 2.84. The summed E-state index contributed by atoms with van der Waals surface area (Å²) in [5, 5.41) is 1.36. The van der Waals surface area contributed by atoms with Crippen molar-refractivity contribution in [1.29, 1.82) is 0 Å². The van der Waals surface area contributed by atoms with Crippen LogP contribution in [0.1, 0.15) is 11.1 Å². The molecule has 1 aliphatic heterocycles. The monoisotopic (exact) mass is 526 g/mol. The number of nitrogens with zero attached hydrogens (tertiary/aromatic N) is 2. The zero-order chi connectivity index (χ0) is 22.5. The summed E-state index contributed by atoms with van der Waals surface area (Å²) in [6, 6.07) is 23.0. The maximum Gasteiger partial charge on any atom is 0.266 e. The molecule has 32 heavy (non-hydrogen) atoms. The molecule has 1 heterocycles. The molecule has 0 atom stereocenters. The van der Waals surface area contributed by atoms with Crippen LogP contribution in [0.2, 0.25) is 5.02 Å². The summed E-state index contributed by atoms with van der Waals surface area (Å²) in [4.78, 5) is 20.4. The highest BCUT2D eigenvalue weighted by atomic mass is 79.9. The van der Waals surface area contributed by atoms with Gasteiger partial charge in [-0.25, -0.2) is 4.99 Å². The Hall–Kier alpha value is -2.54. The van der Waals surface area contributed by atoms with Crippen LogP contribution in [0.4, 0.5) is 5.69 Å². The number of carbonyl (C=O) groups is 1. The highest BCUT2D eigenvalue weighted by Gasteiger charge is 2.33. The molecule has 0 aliphatic carbocycles. The molecular weight excluding hydrogens is 508 g/mol. The molecule has 1 saturated heterocycles. The largest absolute Gasteiger partial charge is 0.497 e. The van der Waals surface area contributed by atoms with Crippen LogP contribution in [0.5, 0.6) is 5.75 Å². The van der Waals surface area contributed by atoms with E-state index in [4.69, 9.17) is 21.3 Å². The zero-order valence-electron chi connectivity index (χ0n) is 17.3. The minimum absolute atomic E-state index is 0.0425. The van der Waals surface area contributed by atoms with Crippen molar-refractivity contribution < 1.29 is 9.53 Å². The van der Waals surface area contributed by atoms with E-state index in [1.807, 2.05) is 78.9 Å². The maximum atomic E-state index is 13.3. The highest BCUT2D eigenvalue weighted by Crippen LogP contribution is 2.34. The van der Waals surface area contributed by atoms with Crippen LogP contribution in [0.3, 0.4) is 0 Å². The van der Waals surface area contributed by atoms with E-state index in [2.05, 4.69) is 15.9 Å². The van der Waals surface area contributed by atoms with Crippen molar-refractivity contribution in [2.24, 2.45) is 4.99 Å². The average Bonchev–Trinajstić information content (AvgIpc) is 3.09. The van der Waals surface area contributed by atoms with E-state index >= 15 is 0 Å². The summed E-state index contributed by atoms with van der Waals surface area (Å²) in [6.45, 7) is 0.528. The van der Waals surface area contributed by atoms with Crippen LogP contribution >= 0.6 is 39.3 Å². The molecule has 1 aliphatic rings. The number of amidine groups is 1. The van der Waals surface area contributed by atoms with Crippen LogP contribution < -0.4 is 4.74 Å². The number of amides is 1.